The molecule has 1 heterocycles. The molecule has 3 saturated carbocycles. The molecular weight excluding hydrogens is 213 g/mol. The third kappa shape index (κ3) is 1.76. The molecule has 96 valence electrons. The van der Waals surface area contributed by atoms with Gasteiger partial charge < -0.3 is 15.0 Å². The average Bonchev–Trinajstić information content (AvgIpc) is 2.28. The van der Waals surface area contributed by atoms with Crippen LogP contribution in [0.15, 0.2) is 0 Å². The van der Waals surface area contributed by atoms with Crippen LogP contribution in [0.3, 0.4) is 0 Å². The Morgan fingerprint density at radius 2 is 2.06 bits per heavy atom. The van der Waals surface area contributed by atoms with Crippen LogP contribution in [0.1, 0.15) is 40.0 Å². The molecule has 0 radical (unpaired) electrons. The fourth-order valence-electron chi connectivity index (χ4n) is 4.70. The van der Waals surface area contributed by atoms with Gasteiger partial charge in [-0.1, -0.05) is 13.8 Å². The second-order valence-corrected chi connectivity index (χ2v) is 6.82. The van der Waals surface area contributed by atoms with Crippen molar-refractivity contribution in [2.45, 2.75) is 52.2 Å². The molecule has 0 amide bonds. The Hall–Kier alpha value is -0.0551. The zero-order chi connectivity index (χ0) is 12.2. The predicted octanol–water partition coefficient (Wildman–Crippen LogP) is 1.85. The lowest BCUT2D eigenvalue weighted by Crippen LogP contribution is -2.62. The van der Waals surface area contributed by atoms with Crippen molar-refractivity contribution in [3.8, 4) is 0 Å². The van der Waals surface area contributed by atoms with Gasteiger partial charge in [0.05, 0.1) is 6.10 Å². The average molecular weight is 237 g/mol. The normalized spacial score (nSPS) is 48.0. The number of hydrogen-bond donors (Lipinski definition) is 1. The maximum atomic E-state index is 6.09. The second-order valence-electron chi connectivity index (χ2n) is 6.82. The van der Waals surface area contributed by atoms with Gasteiger partial charge in [-0.3, -0.25) is 0 Å². The fourth-order valence-corrected chi connectivity index (χ4v) is 4.70. The molecule has 5 atom stereocenters. The number of fused-ring (bicyclic) bond motifs is 2. The molecule has 3 nitrogen and oxygen atoms in total. The van der Waals surface area contributed by atoms with Crippen LogP contribution in [0.25, 0.3) is 0 Å². The zero-order valence-corrected chi connectivity index (χ0v) is 11.2. The van der Waals surface area contributed by atoms with Gasteiger partial charge in [-0.05, 0) is 43.4 Å². The maximum absolute atomic E-state index is 6.09. The van der Waals surface area contributed by atoms with Crippen molar-refractivity contribution in [3.63, 3.8) is 0 Å². The summed E-state index contributed by atoms with van der Waals surface area (Å²) in [4.78, 5) is 0. The molecule has 0 aromatic carbocycles. The van der Waals surface area contributed by atoms with Crippen LogP contribution in [-0.2, 0) is 9.31 Å². The monoisotopic (exact) mass is 237 g/mol. The van der Waals surface area contributed by atoms with E-state index in [9.17, 15) is 0 Å². The summed E-state index contributed by atoms with van der Waals surface area (Å²) in [6, 6.07) is 0. The molecule has 1 aliphatic heterocycles. The van der Waals surface area contributed by atoms with E-state index in [1.54, 1.807) is 0 Å². The first-order valence-corrected chi connectivity index (χ1v) is 7.04. The molecule has 0 aromatic rings. The molecule has 4 fully saturated rings. The lowest BCUT2D eigenvalue weighted by molar-refractivity contribution is -0.171. The maximum Gasteiger partial charge on any atom is 0.471 e. The van der Waals surface area contributed by atoms with E-state index in [1.807, 2.05) is 0 Å². The van der Waals surface area contributed by atoms with Crippen molar-refractivity contribution in [1.82, 2.24) is 0 Å². The highest BCUT2D eigenvalue weighted by atomic mass is 16.6. The Morgan fingerprint density at radius 1 is 1.29 bits per heavy atom. The van der Waals surface area contributed by atoms with E-state index in [1.165, 1.54) is 19.3 Å². The zero-order valence-electron chi connectivity index (χ0n) is 11.2. The van der Waals surface area contributed by atoms with Crippen molar-refractivity contribution in [2.24, 2.45) is 28.9 Å². The topological polar surface area (TPSA) is 44.5 Å². The van der Waals surface area contributed by atoms with Crippen LogP contribution in [-0.4, -0.2) is 25.8 Å². The molecule has 2 N–H and O–H groups in total. The van der Waals surface area contributed by atoms with Crippen molar-refractivity contribution in [2.75, 3.05) is 6.44 Å². The second kappa shape index (κ2) is 3.97. The van der Waals surface area contributed by atoms with E-state index in [-0.39, 0.29) is 7.12 Å². The van der Waals surface area contributed by atoms with Gasteiger partial charge in [-0.15, -0.1) is 0 Å². The van der Waals surface area contributed by atoms with E-state index in [0.29, 0.717) is 30.0 Å². The van der Waals surface area contributed by atoms with Crippen LogP contribution < -0.4 is 5.73 Å². The summed E-state index contributed by atoms with van der Waals surface area (Å²) in [6.45, 7) is 7.04. The molecule has 17 heavy (non-hydrogen) atoms. The Kier molecular flexibility index (Phi) is 2.80. The van der Waals surface area contributed by atoms with E-state index >= 15 is 0 Å². The SMILES string of the molecule is C[C@H]1OB(CN)O[C@@H]2C3CC[C@H](C21)C(C)(C)C3. The van der Waals surface area contributed by atoms with E-state index in [4.69, 9.17) is 15.0 Å². The van der Waals surface area contributed by atoms with Gasteiger partial charge in [0, 0.05) is 18.5 Å². The van der Waals surface area contributed by atoms with Crippen LogP contribution in [0, 0.1) is 23.2 Å². The highest BCUT2D eigenvalue weighted by Crippen LogP contribution is 2.57. The van der Waals surface area contributed by atoms with Crippen LogP contribution in [0.2, 0.25) is 0 Å². The highest BCUT2D eigenvalue weighted by molar-refractivity contribution is 6.44. The minimum atomic E-state index is -0.172. The first-order valence-electron chi connectivity index (χ1n) is 7.04. The Morgan fingerprint density at radius 3 is 2.71 bits per heavy atom. The third-order valence-electron chi connectivity index (χ3n) is 5.36. The van der Waals surface area contributed by atoms with Gasteiger partial charge in [-0.2, -0.15) is 0 Å². The molecule has 2 bridgehead atoms. The summed E-state index contributed by atoms with van der Waals surface area (Å²) < 4.78 is 12.0. The quantitative estimate of drug-likeness (QED) is 0.708. The van der Waals surface area contributed by atoms with Crippen molar-refractivity contribution < 1.29 is 9.31 Å². The molecule has 4 aliphatic rings. The largest absolute Gasteiger partial charge is 0.471 e. The van der Waals surface area contributed by atoms with Gasteiger partial charge in [-0.25, -0.2) is 0 Å². The Labute approximate surface area is 105 Å². The number of nitrogens with two attached hydrogens (primary N) is 1. The lowest BCUT2D eigenvalue weighted by Gasteiger charge is -2.60. The van der Waals surface area contributed by atoms with Crippen molar-refractivity contribution >= 4 is 7.12 Å². The molecule has 2 unspecified atom stereocenters. The summed E-state index contributed by atoms with van der Waals surface area (Å²) in [7, 11) is -0.172. The first kappa shape index (κ1) is 12.0. The first-order chi connectivity index (χ1) is 8.03. The minimum absolute atomic E-state index is 0.172. The summed E-state index contributed by atoms with van der Waals surface area (Å²) in [5, 5.41) is 0. The molecule has 4 rings (SSSR count). The van der Waals surface area contributed by atoms with Gasteiger partial charge >= 0.3 is 7.12 Å². The van der Waals surface area contributed by atoms with Crippen LogP contribution in [0.4, 0.5) is 0 Å². The van der Waals surface area contributed by atoms with Crippen molar-refractivity contribution in [1.29, 1.82) is 0 Å². The lowest BCUT2D eigenvalue weighted by atomic mass is 9.50. The van der Waals surface area contributed by atoms with Gasteiger partial charge in [0.1, 0.15) is 0 Å². The van der Waals surface area contributed by atoms with Crippen LogP contribution >= 0.6 is 0 Å². The number of hydrogen-bond acceptors (Lipinski definition) is 3. The van der Waals surface area contributed by atoms with Gasteiger partial charge in [0.15, 0.2) is 0 Å². The summed E-state index contributed by atoms with van der Waals surface area (Å²) in [6.07, 6.45) is 5.17. The number of rotatable bonds is 1. The van der Waals surface area contributed by atoms with E-state index in [2.05, 4.69) is 20.8 Å². The molecule has 0 spiro atoms. The highest BCUT2D eigenvalue weighted by Gasteiger charge is 2.57. The van der Waals surface area contributed by atoms with Gasteiger partial charge in [0.2, 0.25) is 0 Å². The summed E-state index contributed by atoms with van der Waals surface area (Å²) in [5.41, 5.74) is 6.15. The van der Waals surface area contributed by atoms with Crippen LogP contribution in [0.5, 0.6) is 0 Å². The minimum Gasteiger partial charge on any atom is -0.407 e. The molecule has 1 saturated heterocycles. The Bertz CT molecular complexity index is 310. The fraction of sp³-hybridized carbons (Fsp3) is 1.00. The van der Waals surface area contributed by atoms with E-state index < -0.39 is 0 Å². The molecule has 3 aliphatic carbocycles. The molecule has 0 aromatic heterocycles. The smallest absolute Gasteiger partial charge is 0.407 e. The Balaban J connectivity index is 1.87. The summed E-state index contributed by atoms with van der Waals surface area (Å²) >= 11 is 0. The van der Waals surface area contributed by atoms with E-state index in [0.717, 1.165) is 11.8 Å². The van der Waals surface area contributed by atoms with Gasteiger partial charge in [0.25, 0.3) is 0 Å². The third-order valence-corrected chi connectivity index (χ3v) is 5.36. The standard InChI is InChI=1S/C13H24BNO2/c1-8-11-10-5-4-9(6-13(10,2)3)12(11)17-14(7-15)16-8/h8-12H,4-7,15H2,1-3H3/t8-,9?,10-,11?,12-/m1/s1. The molecular formula is C13H24BNO2. The summed E-state index contributed by atoms with van der Waals surface area (Å²) in [5.74, 6) is 2.06. The predicted molar refractivity (Wildman–Crippen MR) is 68.3 cm³/mol. The molecule has 4 heteroatoms. The van der Waals surface area contributed by atoms with Crippen molar-refractivity contribution in [3.05, 3.63) is 0 Å².